The van der Waals surface area contributed by atoms with Crippen LogP contribution in [0.2, 0.25) is 0 Å². The van der Waals surface area contributed by atoms with E-state index < -0.39 is 12.8 Å². The lowest BCUT2D eigenvalue weighted by molar-refractivity contribution is 0.0820. The minimum atomic E-state index is -0.828. The Labute approximate surface area is 59.8 Å². The summed E-state index contributed by atoms with van der Waals surface area (Å²) < 4.78 is 11.7. The molecule has 1 saturated heterocycles. The number of nitrogens with one attached hydrogen (secondary N) is 1. The van der Waals surface area contributed by atoms with Crippen LogP contribution in [-0.2, 0) is 0 Å². The summed E-state index contributed by atoms with van der Waals surface area (Å²) in [6.07, 6.45) is 0.254. The Hall–Kier alpha value is -0.190. The van der Waals surface area contributed by atoms with E-state index in [1.54, 1.807) is 0 Å². The van der Waals surface area contributed by atoms with Gasteiger partial charge in [0.25, 0.3) is 0 Å². The standard InChI is InChI=1S/C6H13FN2O/c7-4-6(10)5-9-3-1-2-8-9/h6,8,10H,1-5H2. The number of nitrogens with zero attached hydrogens (tertiary/aromatic N) is 1. The van der Waals surface area contributed by atoms with E-state index in [1.807, 2.05) is 5.01 Å². The first-order valence-corrected chi connectivity index (χ1v) is 3.55. The summed E-state index contributed by atoms with van der Waals surface area (Å²) in [5, 5.41) is 10.7. The molecule has 1 rings (SSSR count). The molecule has 0 amide bonds. The van der Waals surface area contributed by atoms with Crippen molar-refractivity contribution in [2.45, 2.75) is 12.5 Å². The SMILES string of the molecule is OC(CF)CN1CCCN1. The fraction of sp³-hybridized carbons (Fsp3) is 1.00. The van der Waals surface area contributed by atoms with E-state index >= 15 is 0 Å². The highest BCUT2D eigenvalue weighted by Gasteiger charge is 2.14. The van der Waals surface area contributed by atoms with Crippen molar-refractivity contribution >= 4 is 0 Å². The topological polar surface area (TPSA) is 35.5 Å². The van der Waals surface area contributed by atoms with Crippen molar-refractivity contribution in [3.8, 4) is 0 Å². The normalized spacial score (nSPS) is 23.4. The largest absolute Gasteiger partial charge is 0.389 e. The predicted molar refractivity (Wildman–Crippen MR) is 36.2 cm³/mol. The molecule has 60 valence electrons. The molecule has 0 saturated carbocycles. The Morgan fingerprint density at radius 3 is 3.00 bits per heavy atom. The summed E-state index contributed by atoms with van der Waals surface area (Å²) in [4.78, 5) is 0. The number of aliphatic hydroxyl groups is 1. The number of hydrogen-bond acceptors (Lipinski definition) is 3. The van der Waals surface area contributed by atoms with Gasteiger partial charge in [0.05, 0.1) is 6.10 Å². The molecule has 1 heterocycles. The Morgan fingerprint density at radius 1 is 1.70 bits per heavy atom. The van der Waals surface area contributed by atoms with Gasteiger partial charge >= 0.3 is 0 Å². The molecular weight excluding hydrogens is 135 g/mol. The molecule has 1 aliphatic heterocycles. The number of rotatable bonds is 3. The van der Waals surface area contributed by atoms with Gasteiger partial charge in [-0.25, -0.2) is 9.40 Å². The molecule has 2 N–H and O–H groups in total. The maximum atomic E-state index is 11.7. The first kappa shape index (κ1) is 7.91. The third kappa shape index (κ3) is 2.21. The first-order chi connectivity index (χ1) is 4.83. The van der Waals surface area contributed by atoms with Crippen LogP contribution in [-0.4, -0.2) is 42.5 Å². The minimum Gasteiger partial charge on any atom is -0.389 e. The Balaban J connectivity index is 2.11. The maximum Gasteiger partial charge on any atom is 0.117 e. The second kappa shape index (κ2) is 3.85. The predicted octanol–water partition coefficient (Wildman–Crippen LogP) is -0.473. The van der Waals surface area contributed by atoms with Crippen molar-refractivity contribution in [3.05, 3.63) is 0 Å². The van der Waals surface area contributed by atoms with Gasteiger partial charge in [-0.15, -0.1) is 0 Å². The lowest BCUT2D eigenvalue weighted by Gasteiger charge is -2.16. The molecule has 0 bridgehead atoms. The summed E-state index contributed by atoms with van der Waals surface area (Å²) in [5.41, 5.74) is 3.03. The number of halogens is 1. The molecule has 1 atom stereocenters. The van der Waals surface area contributed by atoms with Gasteiger partial charge in [0, 0.05) is 19.6 Å². The smallest absolute Gasteiger partial charge is 0.117 e. The Morgan fingerprint density at radius 2 is 2.50 bits per heavy atom. The summed E-state index contributed by atoms with van der Waals surface area (Å²) in [6.45, 7) is 1.60. The van der Waals surface area contributed by atoms with Crippen molar-refractivity contribution in [1.82, 2.24) is 10.4 Å². The highest BCUT2D eigenvalue weighted by molar-refractivity contribution is 4.65. The van der Waals surface area contributed by atoms with Crippen LogP contribution in [0.25, 0.3) is 0 Å². The summed E-state index contributed by atoms with van der Waals surface area (Å²) in [6, 6.07) is 0. The van der Waals surface area contributed by atoms with Crippen molar-refractivity contribution in [1.29, 1.82) is 0 Å². The number of aliphatic hydroxyl groups excluding tert-OH is 1. The highest BCUT2D eigenvalue weighted by Crippen LogP contribution is 1.97. The highest BCUT2D eigenvalue weighted by atomic mass is 19.1. The van der Waals surface area contributed by atoms with Crippen molar-refractivity contribution in [3.63, 3.8) is 0 Å². The molecule has 1 aliphatic rings. The molecule has 0 spiro atoms. The molecule has 1 fully saturated rings. The van der Waals surface area contributed by atoms with Gasteiger partial charge in [-0.1, -0.05) is 0 Å². The van der Waals surface area contributed by atoms with E-state index in [2.05, 4.69) is 5.43 Å². The zero-order valence-corrected chi connectivity index (χ0v) is 5.89. The van der Waals surface area contributed by atoms with E-state index in [1.165, 1.54) is 0 Å². The third-order valence-electron chi connectivity index (χ3n) is 1.55. The van der Waals surface area contributed by atoms with Gasteiger partial charge in [-0.3, -0.25) is 5.43 Å². The van der Waals surface area contributed by atoms with E-state index in [0.717, 1.165) is 19.5 Å². The number of hydrogen-bond donors (Lipinski definition) is 2. The molecule has 0 aromatic rings. The van der Waals surface area contributed by atoms with Crippen LogP contribution in [0, 0.1) is 0 Å². The monoisotopic (exact) mass is 148 g/mol. The van der Waals surface area contributed by atoms with Gasteiger partial charge < -0.3 is 5.11 Å². The van der Waals surface area contributed by atoms with Gasteiger partial charge in [0.1, 0.15) is 6.67 Å². The molecular formula is C6H13FN2O. The molecule has 0 radical (unpaired) electrons. The summed E-state index contributed by atoms with van der Waals surface area (Å²) >= 11 is 0. The van der Waals surface area contributed by atoms with Gasteiger partial charge in [-0.05, 0) is 6.42 Å². The van der Waals surface area contributed by atoms with Crippen LogP contribution in [0.15, 0.2) is 0 Å². The molecule has 10 heavy (non-hydrogen) atoms. The summed E-state index contributed by atoms with van der Waals surface area (Å²) in [5.74, 6) is 0. The second-order valence-corrected chi connectivity index (χ2v) is 2.52. The first-order valence-electron chi connectivity index (χ1n) is 3.55. The molecule has 1 unspecified atom stereocenters. The van der Waals surface area contributed by atoms with Crippen molar-refractivity contribution in [2.24, 2.45) is 0 Å². The Kier molecular flexibility index (Phi) is 3.05. The van der Waals surface area contributed by atoms with E-state index in [9.17, 15) is 4.39 Å². The zero-order chi connectivity index (χ0) is 7.40. The number of hydrazine groups is 1. The molecule has 3 nitrogen and oxygen atoms in total. The van der Waals surface area contributed by atoms with Crippen LogP contribution < -0.4 is 5.43 Å². The molecule has 0 aromatic carbocycles. The van der Waals surface area contributed by atoms with E-state index in [4.69, 9.17) is 5.11 Å². The van der Waals surface area contributed by atoms with Crippen LogP contribution in [0.1, 0.15) is 6.42 Å². The number of β-amino-alcohol motifs (C(OH)–C–C–N with tert-alkyl or cyclic N) is 1. The second-order valence-electron chi connectivity index (χ2n) is 2.52. The van der Waals surface area contributed by atoms with Crippen LogP contribution in [0.4, 0.5) is 4.39 Å². The van der Waals surface area contributed by atoms with Gasteiger partial charge in [-0.2, -0.15) is 0 Å². The fourth-order valence-corrected chi connectivity index (χ4v) is 1.05. The van der Waals surface area contributed by atoms with E-state index in [0.29, 0.717) is 6.54 Å². The summed E-state index contributed by atoms with van der Waals surface area (Å²) in [7, 11) is 0. The van der Waals surface area contributed by atoms with Gasteiger partial charge in [0.15, 0.2) is 0 Å². The van der Waals surface area contributed by atoms with Crippen molar-refractivity contribution < 1.29 is 9.50 Å². The number of alkyl halides is 1. The molecule has 0 aromatic heterocycles. The van der Waals surface area contributed by atoms with E-state index in [-0.39, 0.29) is 0 Å². The van der Waals surface area contributed by atoms with Crippen LogP contribution >= 0.6 is 0 Å². The molecule has 0 aliphatic carbocycles. The lowest BCUT2D eigenvalue weighted by Crippen LogP contribution is -2.38. The van der Waals surface area contributed by atoms with Crippen molar-refractivity contribution in [2.75, 3.05) is 26.3 Å². The van der Waals surface area contributed by atoms with Gasteiger partial charge in [0.2, 0.25) is 0 Å². The average Bonchev–Trinajstić information content (AvgIpc) is 2.40. The van der Waals surface area contributed by atoms with Crippen LogP contribution in [0.3, 0.4) is 0 Å². The quantitative estimate of drug-likeness (QED) is 0.568. The lowest BCUT2D eigenvalue weighted by atomic mass is 10.4. The fourth-order valence-electron chi connectivity index (χ4n) is 1.05. The Bertz CT molecular complexity index is 95.7. The zero-order valence-electron chi connectivity index (χ0n) is 5.89. The molecule has 4 heteroatoms. The minimum absolute atomic E-state index is 0.399. The third-order valence-corrected chi connectivity index (χ3v) is 1.55. The average molecular weight is 148 g/mol. The maximum absolute atomic E-state index is 11.7. The van der Waals surface area contributed by atoms with Crippen LogP contribution in [0.5, 0.6) is 0 Å².